The normalized spacial score (nSPS) is 14.6. The molecule has 2 aromatic rings. The van der Waals surface area contributed by atoms with E-state index in [1.807, 2.05) is 38.1 Å². The van der Waals surface area contributed by atoms with Gasteiger partial charge in [-0.3, -0.25) is 9.59 Å². The summed E-state index contributed by atoms with van der Waals surface area (Å²) in [5.74, 6) is -0.774. The molecule has 0 saturated heterocycles. The van der Waals surface area contributed by atoms with Crippen molar-refractivity contribution >= 4 is 23.7 Å². The fourth-order valence-electron chi connectivity index (χ4n) is 3.85. The molecule has 1 N–H and O–H groups in total. The third-order valence-corrected chi connectivity index (χ3v) is 5.81. The Hall–Kier alpha value is -3.41. The number of Topliss-reactive ketones (excluding diaryl/α,β-unsaturated/α-hetero) is 1. The molecule has 0 fully saturated rings. The van der Waals surface area contributed by atoms with Crippen molar-refractivity contribution in [2.75, 3.05) is 7.11 Å². The smallest absolute Gasteiger partial charge is 0.329 e. The Labute approximate surface area is 195 Å². The maximum absolute atomic E-state index is 12.8. The Morgan fingerprint density at radius 2 is 1.67 bits per heavy atom. The molecule has 1 amide bonds. The molecule has 1 aliphatic rings. The van der Waals surface area contributed by atoms with E-state index >= 15 is 0 Å². The Bertz CT molecular complexity index is 1040. The molecule has 0 heterocycles. The maximum atomic E-state index is 12.8. The molecule has 6 nitrogen and oxygen atoms in total. The van der Waals surface area contributed by atoms with Crippen LogP contribution in [0.4, 0.5) is 0 Å². The van der Waals surface area contributed by atoms with E-state index in [4.69, 9.17) is 9.47 Å². The van der Waals surface area contributed by atoms with Crippen molar-refractivity contribution in [3.8, 4) is 5.75 Å². The molecular weight excluding hydrogens is 418 g/mol. The molecule has 0 unspecified atom stereocenters. The summed E-state index contributed by atoms with van der Waals surface area (Å²) in [5.41, 5.74) is 3.84. The highest BCUT2D eigenvalue weighted by atomic mass is 16.5. The molecule has 3 rings (SSSR count). The van der Waals surface area contributed by atoms with E-state index < -0.39 is 24.0 Å². The van der Waals surface area contributed by atoms with Crippen molar-refractivity contribution < 1.29 is 23.9 Å². The fraction of sp³-hybridized carbons (Fsp3) is 0.370. The van der Waals surface area contributed by atoms with Gasteiger partial charge in [-0.25, -0.2) is 4.79 Å². The van der Waals surface area contributed by atoms with Gasteiger partial charge in [-0.05, 0) is 73.1 Å². The van der Waals surface area contributed by atoms with Crippen LogP contribution in [0.1, 0.15) is 54.2 Å². The molecule has 0 bridgehead atoms. The summed E-state index contributed by atoms with van der Waals surface area (Å²) in [5, 5.41) is 2.69. The summed E-state index contributed by atoms with van der Waals surface area (Å²) in [6, 6.07) is 12.1. The highest BCUT2D eigenvalue weighted by Gasteiger charge is 2.29. The first-order chi connectivity index (χ1) is 15.8. The van der Waals surface area contributed by atoms with Crippen molar-refractivity contribution in [3.63, 3.8) is 0 Å². The van der Waals surface area contributed by atoms with Crippen molar-refractivity contribution in [1.82, 2.24) is 5.32 Å². The standard InChI is InChI=1S/C27H31NO5/c1-17(2)25(28-24(29)15-10-19-8-13-23(32-4)14-9-19)27(31)33-18(3)26(30)22-12-11-20-6-5-7-21(20)16-22/h8-18,25H,5-7H2,1-4H3,(H,28,29)/b15-10+/t18-,25+/m1/s1. The van der Waals surface area contributed by atoms with Crippen molar-refractivity contribution in [2.24, 2.45) is 5.92 Å². The van der Waals surface area contributed by atoms with Crippen LogP contribution in [0.3, 0.4) is 0 Å². The molecule has 2 atom stereocenters. The minimum atomic E-state index is -0.940. The molecule has 1 aliphatic carbocycles. The SMILES string of the molecule is COc1ccc(/C=C/C(=O)N[C@H](C(=O)O[C@H](C)C(=O)c2ccc3c(c2)CCC3)C(C)C)cc1. The second-order valence-corrected chi connectivity index (χ2v) is 8.62. The number of methoxy groups -OCH3 is 1. The summed E-state index contributed by atoms with van der Waals surface area (Å²) < 4.78 is 10.6. The van der Waals surface area contributed by atoms with Crippen LogP contribution in [0.15, 0.2) is 48.5 Å². The van der Waals surface area contributed by atoms with E-state index in [0.29, 0.717) is 5.56 Å². The number of ketones is 1. The summed E-state index contributed by atoms with van der Waals surface area (Å²) >= 11 is 0. The minimum Gasteiger partial charge on any atom is -0.497 e. The molecule has 0 radical (unpaired) electrons. The molecule has 174 valence electrons. The molecule has 2 aromatic carbocycles. The third-order valence-electron chi connectivity index (χ3n) is 5.81. The highest BCUT2D eigenvalue weighted by molar-refractivity contribution is 6.01. The van der Waals surface area contributed by atoms with Gasteiger partial charge in [0.05, 0.1) is 7.11 Å². The van der Waals surface area contributed by atoms with Crippen LogP contribution >= 0.6 is 0 Å². The summed E-state index contributed by atoms with van der Waals surface area (Å²) in [6.07, 6.45) is 5.18. The number of ether oxygens (including phenoxy) is 2. The van der Waals surface area contributed by atoms with E-state index in [1.165, 1.54) is 17.2 Å². The Morgan fingerprint density at radius 3 is 2.33 bits per heavy atom. The van der Waals surface area contributed by atoms with Crippen LogP contribution in [-0.2, 0) is 27.2 Å². The number of carbonyl (C=O) groups excluding carboxylic acids is 3. The molecule has 0 saturated carbocycles. The third kappa shape index (κ3) is 6.31. The number of amides is 1. The van der Waals surface area contributed by atoms with Gasteiger partial charge in [0.2, 0.25) is 11.7 Å². The van der Waals surface area contributed by atoms with Crippen molar-refractivity contribution in [2.45, 2.75) is 52.2 Å². The Balaban J connectivity index is 1.59. The van der Waals surface area contributed by atoms with Gasteiger partial charge in [-0.15, -0.1) is 0 Å². The van der Waals surface area contributed by atoms with Gasteiger partial charge < -0.3 is 14.8 Å². The van der Waals surface area contributed by atoms with Gasteiger partial charge in [0.15, 0.2) is 6.10 Å². The number of nitrogens with one attached hydrogen (secondary N) is 1. The first kappa shape index (κ1) is 24.2. The van der Waals surface area contributed by atoms with Crippen molar-refractivity contribution in [1.29, 1.82) is 0 Å². The second-order valence-electron chi connectivity index (χ2n) is 8.62. The average Bonchev–Trinajstić information content (AvgIpc) is 3.28. The quantitative estimate of drug-likeness (QED) is 0.353. The van der Waals surface area contributed by atoms with E-state index in [0.717, 1.165) is 30.6 Å². The lowest BCUT2D eigenvalue weighted by Gasteiger charge is -2.22. The van der Waals surface area contributed by atoms with E-state index in [9.17, 15) is 14.4 Å². The molecule has 6 heteroatoms. The summed E-state index contributed by atoms with van der Waals surface area (Å²) in [4.78, 5) is 38.0. The van der Waals surface area contributed by atoms with E-state index in [2.05, 4.69) is 5.32 Å². The average molecular weight is 450 g/mol. The Kier molecular flexibility index (Phi) is 8.04. The van der Waals surface area contributed by atoms with Crippen LogP contribution in [0, 0.1) is 5.92 Å². The molecule has 0 spiro atoms. The maximum Gasteiger partial charge on any atom is 0.329 e. The van der Waals surface area contributed by atoms with Crippen LogP contribution in [0.5, 0.6) is 5.75 Å². The second kappa shape index (κ2) is 10.9. The lowest BCUT2D eigenvalue weighted by molar-refractivity contribution is -0.151. The van der Waals surface area contributed by atoms with Gasteiger partial charge in [0.1, 0.15) is 11.8 Å². The number of rotatable bonds is 9. The first-order valence-corrected chi connectivity index (χ1v) is 11.3. The number of carbonyl (C=O) groups is 3. The lowest BCUT2D eigenvalue weighted by atomic mass is 10.0. The molecule has 0 aliphatic heterocycles. The van der Waals surface area contributed by atoms with Gasteiger partial charge in [-0.1, -0.05) is 38.1 Å². The number of esters is 1. The zero-order valence-corrected chi connectivity index (χ0v) is 19.6. The van der Waals surface area contributed by atoms with Crippen LogP contribution < -0.4 is 10.1 Å². The minimum absolute atomic E-state index is 0.210. The molecular formula is C27H31NO5. The number of aryl methyl sites for hydroxylation is 2. The number of fused-ring (bicyclic) bond motifs is 1. The van der Waals surface area contributed by atoms with E-state index in [1.54, 1.807) is 38.3 Å². The van der Waals surface area contributed by atoms with Gasteiger partial charge in [-0.2, -0.15) is 0 Å². The van der Waals surface area contributed by atoms with Gasteiger partial charge >= 0.3 is 5.97 Å². The predicted octanol–water partition coefficient (Wildman–Crippen LogP) is 4.15. The van der Waals surface area contributed by atoms with Crippen LogP contribution in [-0.4, -0.2) is 36.9 Å². The summed E-state index contributed by atoms with van der Waals surface area (Å²) in [6.45, 7) is 5.19. The molecule has 0 aromatic heterocycles. The fourth-order valence-corrected chi connectivity index (χ4v) is 3.85. The van der Waals surface area contributed by atoms with Crippen molar-refractivity contribution in [3.05, 3.63) is 70.8 Å². The van der Waals surface area contributed by atoms with Crippen LogP contribution in [0.25, 0.3) is 6.08 Å². The Morgan fingerprint density at radius 1 is 0.970 bits per heavy atom. The topological polar surface area (TPSA) is 81.7 Å². The lowest BCUT2D eigenvalue weighted by Crippen LogP contribution is -2.46. The molecule has 33 heavy (non-hydrogen) atoms. The highest BCUT2D eigenvalue weighted by Crippen LogP contribution is 2.23. The first-order valence-electron chi connectivity index (χ1n) is 11.3. The van der Waals surface area contributed by atoms with E-state index in [-0.39, 0.29) is 11.7 Å². The van der Waals surface area contributed by atoms with Gasteiger partial charge in [0, 0.05) is 11.6 Å². The predicted molar refractivity (Wildman–Crippen MR) is 127 cm³/mol. The number of hydrogen-bond acceptors (Lipinski definition) is 5. The zero-order chi connectivity index (χ0) is 24.0. The number of hydrogen-bond donors (Lipinski definition) is 1. The zero-order valence-electron chi connectivity index (χ0n) is 19.6. The largest absolute Gasteiger partial charge is 0.497 e. The van der Waals surface area contributed by atoms with Crippen LogP contribution in [0.2, 0.25) is 0 Å². The summed E-state index contributed by atoms with van der Waals surface area (Å²) in [7, 11) is 1.59. The number of benzene rings is 2. The van der Waals surface area contributed by atoms with Gasteiger partial charge in [0.25, 0.3) is 0 Å². The monoisotopic (exact) mass is 449 g/mol.